The van der Waals surface area contributed by atoms with E-state index < -0.39 is 119 Å². The number of nitrogens with one attached hydrogen (secondary N) is 8. The highest BCUT2D eigenvalue weighted by Gasteiger charge is 2.44. The average molecular weight is 1380 g/mol. The quantitative estimate of drug-likeness (QED) is 0.0221. The van der Waals surface area contributed by atoms with Gasteiger partial charge in [-0.3, -0.25) is 38.4 Å². The first-order valence-electron chi connectivity index (χ1n) is 33.9. The molecule has 0 aliphatic carbocycles. The van der Waals surface area contributed by atoms with Crippen molar-refractivity contribution in [2.75, 3.05) is 46.2 Å². The average Bonchev–Trinajstić information content (AvgIpc) is 1.36. The molecule has 0 spiro atoms. The summed E-state index contributed by atoms with van der Waals surface area (Å²) in [7, 11) is 4.69. The van der Waals surface area contributed by atoms with Gasteiger partial charge in [0.15, 0.2) is 0 Å². The predicted molar refractivity (Wildman–Crippen MR) is 375 cm³/mol. The van der Waals surface area contributed by atoms with Crippen molar-refractivity contribution in [1.82, 2.24) is 52.0 Å². The smallest absolute Gasteiger partial charge is 0.408 e. The Morgan fingerprint density at radius 2 is 1.38 bits per heavy atom. The highest BCUT2D eigenvalue weighted by molar-refractivity contribution is 7.09. The minimum absolute atomic E-state index is 0.0541. The van der Waals surface area contributed by atoms with Gasteiger partial charge in [0.2, 0.25) is 41.4 Å². The van der Waals surface area contributed by atoms with Gasteiger partial charge >= 0.3 is 12.1 Å². The van der Waals surface area contributed by atoms with Crippen molar-refractivity contribution in [3.8, 4) is 0 Å². The molecule has 1 aliphatic rings. The van der Waals surface area contributed by atoms with Gasteiger partial charge < -0.3 is 78.0 Å². The van der Waals surface area contributed by atoms with Crippen LogP contribution in [0.15, 0.2) is 96.5 Å². The van der Waals surface area contributed by atoms with Gasteiger partial charge in [0.1, 0.15) is 41.3 Å². The van der Waals surface area contributed by atoms with Crippen LogP contribution in [0, 0.1) is 23.7 Å². The highest BCUT2D eigenvalue weighted by atomic mass is 32.1. The molecule has 11 atom stereocenters. The number of carbonyl (C=O) groups is 10. The molecule has 0 bridgehead atoms. The molecule has 1 saturated heterocycles. The lowest BCUT2D eigenvalue weighted by Gasteiger charge is -2.41. The standard InChI is InChI=1S/C71H105N13O13S/c1-13-45(6)59(55(95-11)41-56(85)84-38-23-30-54(84)60(96-12)46(7)61(86)79-53(66-74-37-39-98-66)40-47-24-16-14-17-25-47)83(10)67(91)58(44(4)5)81-68(92)71(8,9)82-70(94)97-42-48-31-33-50(34-32-48)76-63(88)52(29-22-36-75-69(73)93)78-65(90)57(43(2)3)80-64(89)51(28-20-21-35-72)77-62(87)49-26-18-15-19-27-49/h14-19,24-27,31-34,37,39,43-46,51-55,57-60H,13,20-23,28-30,35-36,38,40-42,72H2,1-12H3,(H,76,88)(H,77,87)(H,78,90)(H,79,86)(H,80,89)(H,81,92)(H,82,94)(H3,73,75,93)/t45-,46+,51-,52-,53-,54-,55+,57-,58-,59-,60+/m0/s1. The maximum absolute atomic E-state index is 14.8. The molecule has 27 heteroatoms. The zero-order valence-electron chi connectivity index (χ0n) is 58.9. The zero-order valence-corrected chi connectivity index (χ0v) is 59.7. The number of rotatable bonds is 39. The summed E-state index contributed by atoms with van der Waals surface area (Å²) in [5, 5.41) is 24.9. The Morgan fingerprint density at radius 3 is 1.97 bits per heavy atom. The van der Waals surface area contributed by atoms with Crippen LogP contribution < -0.4 is 54.0 Å². The lowest BCUT2D eigenvalue weighted by molar-refractivity contribution is -0.148. The number of methoxy groups -OCH3 is 2. The summed E-state index contributed by atoms with van der Waals surface area (Å²) < 4.78 is 17.7. The molecule has 11 amide bonds. The Hall–Kier alpha value is -8.53. The molecule has 0 saturated carbocycles. The van der Waals surface area contributed by atoms with Crippen molar-refractivity contribution in [2.24, 2.45) is 35.1 Å². The number of carbonyl (C=O) groups excluding carboxylic acids is 10. The summed E-state index contributed by atoms with van der Waals surface area (Å²) in [6.45, 7) is 16.4. The van der Waals surface area contributed by atoms with Gasteiger partial charge in [0, 0.05) is 57.2 Å². The van der Waals surface area contributed by atoms with Crippen LogP contribution >= 0.6 is 11.3 Å². The number of benzene rings is 3. The van der Waals surface area contributed by atoms with E-state index in [0.29, 0.717) is 68.4 Å². The second kappa shape index (κ2) is 39.8. The van der Waals surface area contributed by atoms with E-state index in [2.05, 4.69) is 47.5 Å². The third kappa shape index (κ3) is 24.2. The summed E-state index contributed by atoms with van der Waals surface area (Å²) in [6, 6.07) is 18.1. The molecule has 1 fully saturated rings. The fraction of sp³-hybridized carbons (Fsp3) is 0.563. The number of likely N-dealkylation sites (N-methyl/N-ethyl adjacent to an activating group) is 1. The first-order chi connectivity index (χ1) is 46.6. The third-order valence-electron chi connectivity index (χ3n) is 17.9. The topological polar surface area (TPSA) is 366 Å². The number of hydrogen-bond acceptors (Lipinski definition) is 16. The van der Waals surface area contributed by atoms with Gasteiger partial charge in [-0.05, 0) is 125 Å². The molecule has 98 heavy (non-hydrogen) atoms. The van der Waals surface area contributed by atoms with Crippen molar-refractivity contribution >= 4 is 76.4 Å². The Balaban J connectivity index is 1.18. The number of ether oxygens (including phenoxy) is 3. The molecule has 4 aromatic rings. The molecule has 0 unspecified atom stereocenters. The minimum Gasteiger partial charge on any atom is -0.445 e. The van der Waals surface area contributed by atoms with Crippen LogP contribution in [0.3, 0.4) is 0 Å². The molecule has 1 aliphatic heterocycles. The second-order valence-electron chi connectivity index (χ2n) is 26.3. The SMILES string of the molecule is CC[C@H](C)[C@@H]([C@@H](CC(=O)N1CCC[C@H]1[C@H](OC)[C@@H](C)C(=O)N[C@@H](Cc1ccccc1)c1nccs1)OC)N(C)C(=O)[C@@H](NC(=O)C(C)(C)NC(=O)OCc1ccc(NC(=O)[C@H](CCCNC(N)=O)NC(=O)[C@@H](NC(=O)[C@H](CCCCN)NC(=O)c2ccccc2)C(C)C)cc1)C(C)C. The van der Waals surface area contributed by atoms with Gasteiger partial charge in [0.05, 0.1) is 42.7 Å². The van der Waals surface area contributed by atoms with Crippen LogP contribution in [0.5, 0.6) is 0 Å². The van der Waals surface area contributed by atoms with Gasteiger partial charge in [0.25, 0.3) is 5.91 Å². The molecular weight excluding hydrogens is 1270 g/mol. The van der Waals surface area contributed by atoms with Gasteiger partial charge in [-0.15, -0.1) is 11.3 Å². The van der Waals surface area contributed by atoms with Gasteiger partial charge in [-0.2, -0.15) is 0 Å². The molecule has 2 heterocycles. The summed E-state index contributed by atoms with van der Waals surface area (Å²) in [5.74, 6) is -5.58. The normalized spacial score (nSPS) is 16.1. The molecule has 26 nitrogen and oxygen atoms in total. The van der Waals surface area contributed by atoms with Crippen molar-refractivity contribution in [1.29, 1.82) is 0 Å². The van der Waals surface area contributed by atoms with Crippen LogP contribution in [-0.2, 0) is 60.8 Å². The van der Waals surface area contributed by atoms with Crippen molar-refractivity contribution in [2.45, 2.75) is 193 Å². The maximum atomic E-state index is 14.8. The van der Waals surface area contributed by atoms with Gasteiger partial charge in [-0.25, -0.2) is 14.6 Å². The molecule has 12 N–H and O–H groups in total. The first kappa shape index (κ1) is 80.2. The number of nitrogens with zero attached hydrogens (tertiary/aromatic N) is 3. The number of hydrogen-bond donors (Lipinski definition) is 10. The number of alkyl carbamates (subject to hydrolysis) is 1. The Labute approximate surface area is 580 Å². The number of amides is 11. The van der Waals surface area contributed by atoms with Crippen LogP contribution in [0.25, 0.3) is 0 Å². The number of thiazole rings is 1. The summed E-state index contributed by atoms with van der Waals surface area (Å²) >= 11 is 1.47. The maximum Gasteiger partial charge on any atom is 0.408 e. The van der Waals surface area contributed by atoms with E-state index >= 15 is 0 Å². The monoisotopic (exact) mass is 1380 g/mol. The van der Waals surface area contributed by atoms with Crippen LogP contribution in [-0.4, -0.2) is 169 Å². The number of unbranched alkanes of at least 4 members (excludes halogenated alkanes) is 1. The Bertz CT molecular complexity index is 3220. The molecular formula is C71H105N13O13S. The molecule has 538 valence electrons. The molecule has 1 aromatic heterocycles. The number of anilines is 1. The fourth-order valence-corrected chi connectivity index (χ4v) is 12.6. The van der Waals surface area contributed by atoms with E-state index in [-0.39, 0.29) is 62.6 Å². The fourth-order valence-electron chi connectivity index (χ4n) is 12.0. The first-order valence-corrected chi connectivity index (χ1v) is 34.7. The Morgan fingerprint density at radius 1 is 0.735 bits per heavy atom. The second-order valence-corrected chi connectivity index (χ2v) is 27.2. The van der Waals surface area contributed by atoms with E-state index in [1.54, 1.807) is 112 Å². The summed E-state index contributed by atoms with van der Waals surface area (Å²) in [4.78, 5) is 145. The van der Waals surface area contributed by atoms with Gasteiger partial charge in [-0.1, -0.05) is 116 Å². The molecule has 5 rings (SSSR count). The highest BCUT2D eigenvalue weighted by Crippen LogP contribution is 2.31. The van der Waals surface area contributed by atoms with E-state index in [0.717, 1.165) is 10.6 Å². The van der Waals surface area contributed by atoms with Crippen molar-refractivity contribution in [3.05, 3.63) is 118 Å². The van der Waals surface area contributed by atoms with Crippen LogP contribution in [0.4, 0.5) is 15.3 Å². The van der Waals surface area contributed by atoms with E-state index in [1.807, 2.05) is 56.5 Å². The number of primary amides is 1. The zero-order chi connectivity index (χ0) is 72.2. The van der Waals surface area contributed by atoms with Crippen molar-refractivity contribution < 1.29 is 62.2 Å². The van der Waals surface area contributed by atoms with Crippen LogP contribution in [0.1, 0.15) is 153 Å². The molecule has 0 radical (unpaired) electrons. The van der Waals surface area contributed by atoms with Crippen LogP contribution in [0.2, 0.25) is 0 Å². The lowest BCUT2D eigenvalue weighted by atomic mass is 9.89. The number of urea groups is 1. The predicted octanol–water partition coefficient (Wildman–Crippen LogP) is 6.25. The Kier molecular flexibility index (Phi) is 32.5. The van der Waals surface area contributed by atoms with E-state index in [9.17, 15) is 47.9 Å². The third-order valence-corrected chi connectivity index (χ3v) is 18.7. The summed E-state index contributed by atoms with van der Waals surface area (Å²) in [5.41, 5.74) is 11.6. The van der Waals surface area contributed by atoms with E-state index in [4.69, 9.17) is 25.7 Å². The van der Waals surface area contributed by atoms with Crippen molar-refractivity contribution in [3.63, 3.8) is 0 Å². The number of nitrogens with two attached hydrogens (primary N) is 2. The number of aromatic nitrogens is 1. The number of likely N-dealkylation sites (tertiary alicyclic amines) is 1. The lowest BCUT2D eigenvalue weighted by Crippen LogP contribution is -2.62. The molecule has 3 aromatic carbocycles. The summed E-state index contributed by atoms with van der Waals surface area (Å²) in [6.07, 6.45) is 3.44. The van der Waals surface area contributed by atoms with E-state index in [1.165, 1.54) is 32.3 Å². The largest absolute Gasteiger partial charge is 0.445 e. The minimum atomic E-state index is -1.60.